The maximum absolute atomic E-state index is 12.4. The third kappa shape index (κ3) is 4.38. The molecule has 1 aromatic heterocycles. The first-order valence-electron chi connectivity index (χ1n) is 9.93. The van der Waals surface area contributed by atoms with E-state index in [1.807, 2.05) is 48.5 Å². The topological polar surface area (TPSA) is 71.8 Å². The predicted molar refractivity (Wildman–Crippen MR) is 127 cm³/mol. The van der Waals surface area contributed by atoms with Crippen LogP contribution in [0.3, 0.4) is 0 Å². The summed E-state index contributed by atoms with van der Waals surface area (Å²) in [4.78, 5) is 25.9. The zero-order valence-electron chi connectivity index (χ0n) is 17.6. The molecule has 4 aromatic rings. The van der Waals surface area contributed by atoms with Crippen LogP contribution in [0.2, 0.25) is 0 Å². The van der Waals surface area contributed by atoms with E-state index < -0.39 is 5.97 Å². The van der Waals surface area contributed by atoms with E-state index in [0.29, 0.717) is 29.1 Å². The van der Waals surface area contributed by atoms with E-state index in [9.17, 15) is 14.7 Å². The molecule has 3 aromatic carbocycles. The number of hydrogen-bond donors (Lipinski definition) is 1. The maximum atomic E-state index is 12.4. The number of halogens is 1. The van der Waals surface area contributed by atoms with Crippen LogP contribution >= 0.6 is 15.9 Å². The molecule has 0 atom stereocenters. The first kappa shape index (κ1) is 21.6. The van der Waals surface area contributed by atoms with Gasteiger partial charge < -0.3 is 19.3 Å². The lowest BCUT2D eigenvalue weighted by molar-refractivity contribution is 0.0685. The molecule has 0 fully saturated rings. The van der Waals surface area contributed by atoms with Crippen molar-refractivity contribution >= 4 is 38.7 Å². The van der Waals surface area contributed by atoms with Gasteiger partial charge in [0.15, 0.2) is 0 Å². The minimum atomic E-state index is -1.03. The van der Waals surface area contributed by atoms with Gasteiger partial charge in [-0.05, 0) is 57.9 Å². The van der Waals surface area contributed by atoms with Gasteiger partial charge in [0.25, 0.3) is 5.91 Å². The van der Waals surface area contributed by atoms with Gasteiger partial charge in [0.05, 0.1) is 5.52 Å². The van der Waals surface area contributed by atoms with Gasteiger partial charge in [0.2, 0.25) is 0 Å². The van der Waals surface area contributed by atoms with Crippen molar-refractivity contribution in [2.45, 2.75) is 6.54 Å². The number of para-hydroxylation sites is 1. The number of ether oxygens (including phenoxy) is 1. The fraction of sp³-hybridized carbons (Fsp3) is 0.120. The third-order valence-electron chi connectivity index (χ3n) is 5.06. The van der Waals surface area contributed by atoms with Gasteiger partial charge in [-0.1, -0.05) is 30.3 Å². The summed E-state index contributed by atoms with van der Waals surface area (Å²) >= 11 is 3.55. The molecule has 32 heavy (non-hydrogen) atoms. The Morgan fingerprint density at radius 2 is 1.72 bits per heavy atom. The number of rotatable bonds is 6. The predicted octanol–water partition coefficient (Wildman–Crippen LogP) is 5.64. The number of amides is 1. The monoisotopic (exact) mass is 492 g/mol. The molecule has 0 aliphatic heterocycles. The Labute approximate surface area is 193 Å². The minimum Gasteiger partial charge on any atom is -0.477 e. The zero-order chi connectivity index (χ0) is 22.8. The number of hydrogen-bond acceptors (Lipinski definition) is 3. The number of carboxylic acids is 1. The first-order chi connectivity index (χ1) is 15.3. The summed E-state index contributed by atoms with van der Waals surface area (Å²) < 4.78 is 8.43. The van der Waals surface area contributed by atoms with Crippen LogP contribution in [0.25, 0.3) is 10.9 Å². The summed E-state index contributed by atoms with van der Waals surface area (Å²) in [6, 6.07) is 21.9. The van der Waals surface area contributed by atoms with Crippen LogP contribution in [-0.4, -0.2) is 40.5 Å². The van der Waals surface area contributed by atoms with E-state index in [0.717, 1.165) is 15.4 Å². The van der Waals surface area contributed by atoms with E-state index in [-0.39, 0.29) is 11.6 Å². The molecule has 6 nitrogen and oxygen atoms in total. The quantitative estimate of drug-likeness (QED) is 0.377. The summed E-state index contributed by atoms with van der Waals surface area (Å²) in [6.07, 6.45) is 0. The Hall–Kier alpha value is -3.58. The van der Waals surface area contributed by atoms with Crippen molar-refractivity contribution in [1.29, 1.82) is 0 Å². The lowest BCUT2D eigenvalue weighted by Gasteiger charge is -2.13. The fourth-order valence-electron chi connectivity index (χ4n) is 3.56. The third-order valence-corrected chi connectivity index (χ3v) is 5.72. The Kier molecular flexibility index (Phi) is 6.01. The second kappa shape index (κ2) is 8.88. The molecule has 1 heterocycles. The summed E-state index contributed by atoms with van der Waals surface area (Å²) in [5.41, 5.74) is 2.24. The number of fused-ring (bicyclic) bond motifs is 1. The second-order valence-electron chi connectivity index (χ2n) is 7.57. The van der Waals surface area contributed by atoms with E-state index >= 15 is 0 Å². The van der Waals surface area contributed by atoms with E-state index in [1.165, 1.54) is 4.90 Å². The van der Waals surface area contributed by atoms with Crippen molar-refractivity contribution in [3.8, 4) is 11.5 Å². The van der Waals surface area contributed by atoms with Crippen molar-refractivity contribution < 1.29 is 19.4 Å². The van der Waals surface area contributed by atoms with Gasteiger partial charge in [-0.15, -0.1) is 0 Å². The average Bonchev–Trinajstić information content (AvgIpc) is 3.13. The normalized spacial score (nSPS) is 10.8. The highest BCUT2D eigenvalue weighted by atomic mass is 79.9. The highest BCUT2D eigenvalue weighted by Crippen LogP contribution is 2.34. The van der Waals surface area contributed by atoms with E-state index in [2.05, 4.69) is 15.9 Å². The molecule has 0 radical (unpaired) electrons. The van der Waals surface area contributed by atoms with Gasteiger partial charge in [-0.2, -0.15) is 0 Å². The van der Waals surface area contributed by atoms with Gasteiger partial charge in [0.1, 0.15) is 17.2 Å². The van der Waals surface area contributed by atoms with Crippen molar-refractivity contribution in [2.24, 2.45) is 0 Å². The summed E-state index contributed by atoms with van der Waals surface area (Å²) in [5.74, 6) is 0.136. The molecule has 0 saturated carbocycles. The number of nitrogens with zero attached hydrogens (tertiary/aromatic N) is 2. The number of carboxylic acid groups (broad SMARTS) is 1. The molecule has 162 valence electrons. The van der Waals surface area contributed by atoms with Crippen LogP contribution in [0.15, 0.2) is 77.3 Å². The largest absolute Gasteiger partial charge is 0.477 e. The molecule has 0 aliphatic rings. The molecule has 0 saturated heterocycles. The Bertz CT molecular complexity index is 1310. The Morgan fingerprint density at radius 3 is 2.41 bits per heavy atom. The molecular weight excluding hydrogens is 472 g/mol. The smallest absolute Gasteiger partial charge is 0.352 e. The highest BCUT2D eigenvalue weighted by Gasteiger charge is 2.19. The standard InChI is InChI=1S/C25H21BrN2O4/c1-27(2)24(29)17-8-6-7-16(11-17)15-28-22-13-19(32-18-9-4-3-5-10-18)12-21(26)20(22)14-23(28)25(30)31/h3-14H,15H2,1-2H3,(H,30,31). The van der Waals surface area contributed by atoms with Crippen molar-refractivity contribution in [2.75, 3.05) is 14.1 Å². The summed E-state index contributed by atoms with van der Waals surface area (Å²) in [6.45, 7) is 0.293. The maximum Gasteiger partial charge on any atom is 0.352 e. The van der Waals surface area contributed by atoms with E-state index in [4.69, 9.17) is 4.74 Å². The van der Waals surface area contributed by atoms with Crippen LogP contribution < -0.4 is 4.74 Å². The van der Waals surface area contributed by atoms with Crippen molar-refractivity contribution in [3.05, 3.63) is 94.1 Å². The average molecular weight is 493 g/mol. The fourth-order valence-corrected chi connectivity index (χ4v) is 4.11. The Morgan fingerprint density at radius 1 is 0.969 bits per heavy atom. The molecule has 0 aliphatic carbocycles. The molecule has 7 heteroatoms. The molecule has 0 spiro atoms. The minimum absolute atomic E-state index is 0.107. The second-order valence-corrected chi connectivity index (χ2v) is 8.43. The highest BCUT2D eigenvalue weighted by molar-refractivity contribution is 9.10. The van der Waals surface area contributed by atoms with E-state index in [1.54, 1.807) is 42.9 Å². The summed E-state index contributed by atoms with van der Waals surface area (Å²) in [5, 5.41) is 10.6. The molecule has 1 N–H and O–H groups in total. The van der Waals surface area contributed by atoms with Crippen LogP contribution in [0.5, 0.6) is 11.5 Å². The van der Waals surface area contributed by atoms with Crippen molar-refractivity contribution in [1.82, 2.24) is 9.47 Å². The van der Waals surface area contributed by atoms with Crippen LogP contribution in [0, 0.1) is 0 Å². The zero-order valence-corrected chi connectivity index (χ0v) is 19.2. The SMILES string of the molecule is CN(C)C(=O)c1cccc(Cn2c(C(=O)O)cc3c(Br)cc(Oc4ccccc4)cc32)c1. The molecule has 4 rings (SSSR count). The molecule has 0 bridgehead atoms. The summed E-state index contributed by atoms with van der Waals surface area (Å²) in [7, 11) is 3.39. The first-order valence-corrected chi connectivity index (χ1v) is 10.7. The number of aromatic carboxylic acids is 1. The van der Waals surface area contributed by atoms with Gasteiger partial charge in [-0.3, -0.25) is 4.79 Å². The molecule has 0 unspecified atom stereocenters. The Balaban J connectivity index is 1.79. The lowest BCUT2D eigenvalue weighted by Crippen LogP contribution is -2.21. The number of aromatic nitrogens is 1. The van der Waals surface area contributed by atoms with Gasteiger partial charge in [0, 0.05) is 42.1 Å². The van der Waals surface area contributed by atoms with Gasteiger partial charge in [-0.25, -0.2) is 4.79 Å². The molecular formula is C25H21BrN2O4. The van der Waals surface area contributed by atoms with Crippen LogP contribution in [-0.2, 0) is 6.54 Å². The number of carbonyl (C=O) groups excluding carboxylic acids is 1. The number of carbonyl (C=O) groups is 2. The molecule has 1 amide bonds. The lowest BCUT2D eigenvalue weighted by atomic mass is 10.1. The van der Waals surface area contributed by atoms with Crippen LogP contribution in [0.1, 0.15) is 26.4 Å². The van der Waals surface area contributed by atoms with Gasteiger partial charge >= 0.3 is 5.97 Å². The van der Waals surface area contributed by atoms with Crippen LogP contribution in [0.4, 0.5) is 0 Å². The van der Waals surface area contributed by atoms with Crippen molar-refractivity contribution in [3.63, 3.8) is 0 Å². The number of benzene rings is 3.